The first kappa shape index (κ1) is 12.0. The Morgan fingerprint density at radius 1 is 1.65 bits per heavy atom. The Morgan fingerprint density at radius 2 is 2.53 bits per heavy atom. The number of nitrogens with one attached hydrogen (secondary N) is 2. The molecular weight excluding hydrogens is 216 g/mol. The highest BCUT2D eigenvalue weighted by atomic mass is 16.2. The molecule has 0 radical (unpaired) electrons. The van der Waals surface area contributed by atoms with E-state index in [0.29, 0.717) is 6.54 Å². The molecule has 5 nitrogen and oxygen atoms in total. The number of carbonyl (C=O) groups is 1. The van der Waals surface area contributed by atoms with Gasteiger partial charge in [0.05, 0.1) is 0 Å². The summed E-state index contributed by atoms with van der Waals surface area (Å²) in [5.74, 6) is 0.106. The van der Waals surface area contributed by atoms with E-state index >= 15 is 0 Å². The molecule has 1 amide bonds. The number of likely N-dealkylation sites (N-methyl/N-ethyl adjacent to an activating group) is 1. The Labute approximate surface area is 101 Å². The van der Waals surface area contributed by atoms with Crippen molar-refractivity contribution in [1.29, 1.82) is 0 Å². The first-order chi connectivity index (χ1) is 8.31. The van der Waals surface area contributed by atoms with Crippen LogP contribution in [-0.2, 0) is 11.3 Å². The maximum atomic E-state index is 11.8. The Morgan fingerprint density at radius 3 is 3.24 bits per heavy atom. The second kappa shape index (κ2) is 5.75. The third kappa shape index (κ3) is 3.01. The Hall–Kier alpha value is -1.46. The van der Waals surface area contributed by atoms with Crippen LogP contribution in [0.3, 0.4) is 0 Å². The van der Waals surface area contributed by atoms with Crippen molar-refractivity contribution in [2.24, 2.45) is 0 Å². The van der Waals surface area contributed by atoms with Gasteiger partial charge in [0.1, 0.15) is 6.04 Å². The third-order valence-electron chi connectivity index (χ3n) is 2.95. The van der Waals surface area contributed by atoms with E-state index in [1.165, 1.54) is 0 Å². The number of piperazine rings is 1. The number of amides is 1. The zero-order valence-corrected chi connectivity index (χ0v) is 10.0. The topological polar surface area (TPSA) is 57.3 Å². The van der Waals surface area contributed by atoms with Crippen LogP contribution in [0.15, 0.2) is 24.5 Å². The van der Waals surface area contributed by atoms with Crippen molar-refractivity contribution >= 4 is 5.91 Å². The van der Waals surface area contributed by atoms with Crippen LogP contribution >= 0.6 is 0 Å². The van der Waals surface area contributed by atoms with Gasteiger partial charge >= 0.3 is 0 Å². The van der Waals surface area contributed by atoms with E-state index in [1.807, 2.05) is 25.4 Å². The minimum Gasteiger partial charge on any atom is -0.353 e. The van der Waals surface area contributed by atoms with Crippen molar-refractivity contribution in [3.63, 3.8) is 0 Å². The number of aromatic nitrogens is 1. The summed E-state index contributed by atoms with van der Waals surface area (Å²) in [7, 11) is 1.87. The molecule has 1 aliphatic rings. The molecule has 0 aliphatic carbocycles. The minimum atomic E-state index is -0.0889. The quantitative estimate of drug-likeness (QED) is 0.744. The van der Waals surface area contributed by atoms with Crippen LogP contribution in [0.25, 0.3) is 0 Å². The number of pyridine rings is 1. The van der Waals surface area contributed by atoms with Gasteiger partial charge in [0.15, 0.2) is 0 Å². The lowest BCUT2D eigenvalue weighted by molar-refractivity contribution is -0.129. The minimum absolute atomic E-state index is 0.0889. The number of hydrogen-bond donors (Lipinski definition) is 2. The molecule has 0 aromatic carbocycles. The van der Waals surface area contributed by atoms with Crippen LogP contribution in [0.1, 0.15) is 5.56 Å². The van der Waals surface area contributed by atoms with Crippen LogP contribution in [0.2, 0.25) is 0 Å². The summed E-state index contributed by atoms with van der Waals surface area (Å²) in [6.07, 6.45) is 3.61. The normalized spacial score (nSPS) is 21.2. The highest BCUT2D eigenvalue weighted by molar-refractivity contribution is 5.82. The van der Waals surface area contributed by atoms with Crippen molar-refractivity contribution < 1.29 is 4.79 Å². The number of nitrogens with zero attached hydrogens (tertiary/aromatic N) is 2. The summed E-state index contributed by atoms with van der Waals surface area (Å²) in [5.41, 5.74) is 1.14. The Balaban J connectivity index is 2.04. The van der Waals surface area contributed by atoms with Crippen molar-refractivity contribution in [3.8, 4) is 0 Å². The van der Waals surface area contributed by atoms with E-state index in [4.69, 9.17) is 0 Å². The molecular formula is C12H18N4O. The van der Waals surface area contributed by atoms with Gasteiger partial charge in [-0.15, -0.1) is 0 Å². The molecule has 1 atom stereocenters. The fourth-order valence-electron chi connectivity index (χ4n) is 2.09. The Bertz CT molecular complexity index is 368. The summed E-state index contributed by atoms with van der Waals surface area (Å²) in [5, 5.41) is 5.96. The van der Waals surface area contributed by atoms with Gasteiger partial charge in [-0.1, -0.05) is 6.07 Å². The fourth-order valence-corrected chi connectivity index (χ4v) is 2.09. The fraction of sp³-hybridized carbons (Fsp3) is 0.500. The van der Waals surface area contributed by atoms with Gasteiger partial charge < -0.3 is 10.6 Å². The van der Waals surface area contributed by atoms with Crippen molar-refractivity contribution in [2.75, 3.05) is 26.7 Å². The molecule has 1 aliphatic heterocycles. The van der Waals surface area contributed by atoms with Gasteiger partial charge in [-0.25, -0.2) is 0 Å². The zero-order valence-electron chi connectivity index (χ0n) is 10.0. The molecule has 5 heteroatoms. The molecule has 0 spiro atoms. The number of rotatable bonds is 4. The van der Waals surface area contributed by atoms with E-state index in [9.17, 15) is 4.79 Å². The summed E-state index contributed by atoms with van der Waals surface area (Å²) in [6, 6.07) is 3.87. The van der Waals surface area contributed by atoms with Gasteiger partial charge in [0.2, 0.25) is 5.91 Å². The van der Waals surface area contributed by atoms with E-state index in [0.717, 1.165) is 25.2 Å². The molecule has 1 aromatic heterocycles. The van der Waals surface area contributed by atoms with Crippen LogP contribution < -0.4 is 10.6 Å². The molecule has 0 saturated carbocycles. The lowest BCUT2D eigenvalue weighted by atomic mass is 10.1. The maximum Gasteiger partial charge on any atom is 0.238 e. The monoisotopic (exact) mass is 234 g/mol. The van der Waals surface area contributed by atoms with Crippen molar-refractivity contribution in [1.82, 2.24) is 20.5 Å². The summed E-state index contributed by atoms with van der Waals surface area (Å²) in [6.45, 7) is 3.05. The van der Waals surface area contributed by atoms with Gasteiger partial charge in [-0.05, 0) is 18.7 Å². The standard InChI is InChI=1S/C12H18N4O/c1-13-8-11-12(17)15-5-6-16(11)9-10-3-2-4-14-7-10/h2-4,7,11,13H,5-6,8-9H2,1H3,(H,15,17). The lowest BCUT2D eigenvalue weighted by Gasteiger charge is -2.34. The molecule has 92 valence electrons. The predicted molar refractivity (Wildman–Crippen MR) is 65.4 cm³/mol. The molecule has 1 fully saturated rings. The Kier molecular flexibility index (Phi) is 4.06. The second-order valence-corrected chi connectivity index (χ2v) is 4.20. The molecule has 17 heavy (non-hydrogen) atoms. The van der Waals surface area contributed by atoms with E-state index in [1.54, 1.807) is 6.20 Å². The predicted octanol–water partition coefficient (Wildman–Crippen LogP) is -0.399. The van der Waals surface area contributed by atoms with Gasteiger partial charge in [0, 0.05) is 38.6 Å². The average Bonchev–Trinajstić information content (AvgIpc) is 2.35. The highest BCUT2D eigenvalue weighted by Crippen LogP contribution is 2.09. The second-order valence-electron chi connectivity index (χ2n) is 4.20. The van der Waals surface area contributed by atoms with E-state index in [-0.39, 0.29) is 11.9 Å². The molecule has 1 unspecified atom stereocenters. The van der Waals surface area contributed by atoms with Crippen LogP contribution in [0.4, 0.5) is 0 Å². The average molecular weight is 234 g/mol. The SMILES string of the molecule is CNCC1C(=O)NCCN1Cc1cccnc1. The van der Waals surface area contributed by atoms with Gasteiger partial charge in [0.25, 0.3) is 0 Å². The molecule has 2 rings (SSSR count). The number of carbonyl (C=O) groups excluding carboxylic acids is 1. The lowest BCUT2D eigenvalue weighted by Crippen LogP contribution is -2.57. The van der Waals surface area contributed by atoms with Crippen LogP contribution in [0.5, 0.6) is 0 Å². The van der Waals surface area contributed by atoms with Crippen LogP contribution in [-0.4, -0.2) is 48.5 Å². The molecule has 0 bridgehead atoms. The van der Waals surface area contributed by atoms with Crippen LogP contribution in [0, 0.1) is 0 Å². The molecule has 2 heterocycles. The largest absolute Gasteiger partial charge is 0.353 e. The maximum absolute atomic E-state index is 11.8. The number of hydrogen-bond acceptors (Lipinski definition) is 4. The first-order valence-corrected chi connectivity index (χ1v) is 5.86. The van der Waals surface area contributed by atoms with Gasteiger partial charge in [-0.2, -0.15) is 0 Å². The summed E-state index contributed by atoms with van der Waals surface area (Å²) in [4.78, 5) is 18.1. The molecule has 1 aromatic rings. The summed E-state index contributed by atoms with van der Waals surface area (Å²) < 4.78 is 0. The molecule has 1 saturated heterocycles. The van der Waals surface area contributed by atoms with Crippen molar-refractivity contribution in [3.05, 3.63) is 30.1 Å². The smallest absolute Gasteiger partial charge is 0.238 e. The van der Waals surface area contributed by atoms with E-state index < -0.39 is 0 Å². The van der Waals surface area contributed by atoms with E-state index in [2.05, 4.69) is 20.5 Å². The summed E-state index contributed by atoms with van der Waals surface area (Å²) >= 11 is 0. The van der Waals surface area contributed by atoms with Gasteiger partial charge in [-0.3, -0.25) is 14.7 Å². The zero-order chi connectivity index (χ0) is 12.1. The first-order valence-electron chi connectivity index (χ1n) is 5.86. The van der Waals surface area contributed by atoms with Crippen molar-refractivity contribution in [2.45, 2.75) is 12.6 Å². The molecule has 2 N–H and O–H groups in total. The third-order valence-corrected chi connectivity index (χ3v) is 2.95. The highest BCUT2D eigenvalue weighted by Gasteiger charge is 2.28.